The molecule has 1 N–H and O–H groups in total. The van der Waals surface area contributed by atoms with Crippen LogP contribution in [0.5, 0.6) is 5.75 Å². The third-order valence-corrected chi connectivity index (χ3v) is 4.42. The third kappa shape index (κ3) is 6.18. The summed E-state index contributed by atoms with van der Waals surface area (Å²) >= 11 is 0. The molecule has 0 saturated heterocycles. The van der Waals surface area contributed by atoms with Crippen molar-refractivity contribution in [3.8, 4) is 11.8 Å². The maximum Gasteiger partial charge on any atom is 0.224 e. The van der Waals surface area contributed by atoms with Gasteiger partial charge in [0.05, 0.1) is 12.5 Å². The third-order valence-electron chi connectivity index (χ3n) is 4.42. The van der Waals surface area contributed by atoms with Crippen molar-refractivity contribution in [3.05, 3.63) is 95.3 Å². The minimum Gasteiger partial charge on any atom is -0.489 e. The Labute approximate surface area is 169 Å². The number of hydrogen-bond donors (Lipinski definition) is 1. The first-order chi connectivity index (χ1) is 14.1. The Morgan fingerprint density at radius 1 is 1.00 bits per heavy atom. The normalized spacial score (nSPS) is 10.2. The van der Waals surface area contributed by atoms with Gasteiger partial charge in [0.2, 0.25) is 5.91 Å². The van der Waals surface area contributed by atoms with Crippen LogP contribution in [-0.2, 0) is 24.2 Å². The van der Waals surface area contributed by atoms with Crippen LogP contribution in [0, 0.1) is 17.1 Å². The summed E-state index contributed by atoms with van der Waals surface area (Å²) in [6, 6.07) is 23.2. The molecular formula is C24H21FN2O2. The number of nitrogens with zero attached hydrogens (tertiary/aromatic N) is 1. The Hall–Kier alpha value is -3.65. The summed E-state index contributed by atoms with van der Waals surface area (Å²) in [5.74, 6) is 0.257. The summed E-state index contributed by atoms with van der Waals surface area (Å²) in [6.07, 6.45) is 1.10. The van der Waals surface area contributed by atoms with E-state index >= 15 is 0 Å². The summed E-state index contributed by atoms with van der Waals surface area (Å²) in [5, 5.41) is 11.6. The second-order valence-electron chi connectivity index (χ2n) is 6.60. The number of para-hydroxylation sites is 1. The number of rotatable bonds is 8. The van der Waals surface area contributed by atoms with E-state index in [0.717, 1.165) is 16.7 Å². The standard InChI is InChI=1S/C24H21FN2O2/c25-21-6-3-4-19(16-21)10-13-24(28)27-23-7-2-1-5-20(23)17-29-22-11-8-18(9-12-22)14-15-26/h1-9,11-12,16H,10,13-14,17H2,(H,27,28). The van der Waals surface area contributed by atoms with Crippen molar-refractivity contribution in [2.45, 2.75) is 25.9 Å². The van der Waals surface area contributed by atoms with Crippen LogP contribution >= 0.6 is 0 Å². The number of nitrogens with one attached hydrogen (secondary N) is 1. The smallest absolute Gasteiger partial charge is 0.224 e. The number of amides is 1. The number of carbonyl (C=O) groups excluding carboxylic acids is 1. The topological polar surface area (TPSA) is 62.1 Å². The van der Waals surface area contributed by atoms with Crippen LogP contribution in [-0.4, -0.2) is 5.91 Å². The van der Waals surface area contributed by atoms with Crippen molar-refractivity contribution < 1.29 is 13.9 Å². The SMILES string of the molecule is N#CCc1ccc(OCc2ccccc2NC(=O)CCc2cccc(F)c2)cc1. The molecule has 3 aromatic rings. The second kappa shape index (κ2) is 10.0. The molecule has 0 fully saturated rings. The van der Waals surface area contributed by atoms with Crippen LogP contribution < -0.4 is 10.1 Å². The summed E-state index contributed by atoms with van der Waals surface area (Å²) in [7, 11) is 0. The molecule has 146 valence electrons. The van der Waals surface area contributed by atoms with Crippen molar-refractivity contribution in [2.24, 2.45) is 0 Å². The minimum absolute atomic E-state index is 0.137. The Bertz CT molecular complexity index is 1010. The summed E-state index contributed by atoms with van der Waals surface area (Å²) in [4.78, 5) is 12.3. The predicted octanol–water partition coefficient (Wildman–Crippen LogP) is 5.04. The molecule has 0 spiro atoms. The molecule has 0 radical (unpaired) electrons. The number of ether oxygens (including phenoxy) is 1. The van der Waals surface area contributed by atoms with Gasteiger partial charge in [-0.2, -0.15) is 5.26 Å². The summed E-state index contributed by atoms with van der Waals surface area (Å²) < 4.78 is 19.1. The Morgan fingerprint density at radius 2 is 1.79 bits per heavy atom. The molecule has 5 heteroatoms. The zero-order chi connectivity index (χ0) is 20.5. The fourth-order valence-electron chi connectivity index (χ4n) is 2.89. The number of aryl methyl sites for hydroxylation is 1. The molecule has 3 rings (SSSR count). The van der Waals surface area contributed by atoms with Gasteiger partial charge in [0.1, 0.15) is 18.2 Å². The molecule has 0 aliphatic carbocycles. The number of hydrogen-bond acceptors (Lipinski definition) is 3. The fourth-order valence-corrected chi connectivity index (χ4v) is 2.89. The molecule has 1 amide bonds. The van der Waals surface area contributed by atoms with Crippen molar-refractivity contribution in [3.63, 3.8) is 0 Å². The molecule has 0 aliphatic rings. The van der Waals surface area contributed by atoms with Gasteiger partial charge >= 0.3 is 0 Å². The molecule has 0 unspecified atom stereocenters. The van der Waals surface area contributed by atoms with Crippen molar-refractivity contribution >= 4 is 11.6 Å². The van der Waals surface area contributed by atoms with Crippen LogP contribution in [0.3, 0.4) is 0 Å². The number of benzene rings is 3. The highest BCUT2D eigenvalue weighted by atomic mass is 19.1. The van der Waals surface area contributed by atoms with Crippen molar-refractivity contribution in [1.29, 1.82) is 5.26 Å². The van der Waals surface area contributed by atoms with Crippen LogP contribution in [0.2, 0.25) is 0 Å². The van der Waals surface area contributed by atoms with Gasteiger partial charge < -0.3 is 10.1 Å². The van der Waals surface area contributed by atoms with E-state index < -0.39 is 0 Å². The average Bonchev–Trinajstić information content (AvgIpc) is 2.73. The quantitative estimate of drug-likeness (QED) is 0.588. The van der Waals surface area contributed by atoms with E-state index in [4.69, 9.17) is 10.00 Å². The molecule has 0 aromatic heterocycles. The molecule has 0 atom stereocenters. The van der Waals surface area contributed by atoms with E-state index in [0.29, 0.717) is 30.9 Å². The highest BCUT2D eigenvalue weighted by Gasteiger charge is 2.08. The molecule has 0 aliphatic heterocycles. The first kappa shape index (κ1) is 20.1. The lowest BCUT2D eigenvalue weighted by molar-refractivity contribution is -0.116. The number of anilines is 1. The van der Waals surface area contributed by atoms with Gasteiger partial charge in [-0.15, -0.1) is 0 Å². The molecule has 3 aromatic carbocycles. The first-order valence-corrected chi connectivity index (χ1v) is 9.35. The molecular weight excluding hydrogens is 367 g/mol. The molecule has 29 heavy (non-hydrogen) atoms. The summed E-state index contributed by atoms with van der Waals surface area (Å²) in [5.41, 5.74) is 3.27. The van der Waals surface area contributed by atoms with Crippen molar-refractivity contribution in [2.75, 3.05) is 5.32 Å². The Morgan fingerprint density at radius 3 is 2.55 bits per heavy atom. The molecule has 0 heterocycles. The van der Waals surface area contributed by atoms with E-state index in [2.05, 4.69) is 11.4 Å². The number of halogens is 1. The zero-order valence-electron chi connectivity index (χ0n) is 15.9. The molecule has 0 bridgehead atoms. The van der Waals surface area contributed by atoms with Crippen LogP contribution in [0.1, 0.15) is 23.1 Å². The zero-order valence-corrected chi connectivity index (χ0v) is 15.9. The predicted molar refractivity (Wildman–Crippen MR) is 110 cm³/mol. The Balaban J connectivity index is 1.56. The average molecular weight is 388 g/mol. The van der Waals surface area contributed by atoms with Gasteiger partial charge in [0.15, 0.2) is 0 Å². The van der Waals surface area contributed by atoms with Gasteiger partial charge in [-0.3, -0.25) is 4.79 Å². The monoisotopic (exact) mass is 388 g/mol. The van der Waals surface area contributed by atoms with Crippen LogP contribution in [0.4, 0.5) is 10.1 Å². The van der Waals surface area contributed by atoms with Gasteiger partial charge in [-0.05, 0) is 47.9 Å². The van der Waals surface area contributed by atoms with E-state index in [1.165, 1.54) is 12.1 Å². The first-order valence-electron chi connectivity index (χ1n) is 9.35. The fraction of sp³-hybridized carbons (Fsp3) is 0.167. The Kier molecular flexibility index (Phi) is 6.96. The number of carbonyl (C=O) groups is 1. The van der Waals surface area contributed by atoms with Gasteiger partial charge in [-0.25, -0.2) is 4.39 Å². The lowest BCUT2D eigenvalue weighted by Crippen LogP contribution is -2.14. The maximum atomic E-state index is 13.2. The van der Waals surface area contributed by atoms with Crippen molar-refractivity contribution in [1.82, 2.24) is 0 Å². The molecule has 4 nitrogen and oxygen atoms in total. The summed E-state index contributed by atoms with van der Waals surface area (Å²) in [6.45, 7) is 0.304. The number of nitriles is 1. The van der Waals surface area contributed by atoms with E-state index in [-0.39, 0.29) is 18.1 Å². The highest BCUT2D eigenvalue weighted by molar-refractivity contribution is 5.91. The van der Waals surface area contributed by atoms with Crippen LogP contribution in [0.25, 0.3) is 0 Å². The van der Waals surface area contributed by atoms with Gasteiger partial charge in [0, 0.05) is 17.7 Å². The second-order valence-corrected chi connectivity index (χ2v) is 6.60. The highest BCUT2D eigenvalue weighted by Crippen LogP contribution is 2.20. The molecule has 0 saturated carbocycles. The van der Waals surface area contributed by atoms with E-state index in [1.807, 2.05) is 48.5 Å². The van der Waals surface area contributed by atoms with Crippen LogP contribution in [0.15, 0.2) is 72.8 Å². The van der Waals surface area contributed by atoms with E-state index in [9.17, 15) is 9.18 Å². The minimum atomic E-state index is -0.300. The van der Waals surface area contributed by atoms with E-state index in [1.54, 1.807) is 12.1 Å². The lowest BCUT2D eigenvalue weighted by atomic mass is 10.1. The lowest BCUT2D eigenvalue weighted by Gasteiger charge is -2.12. The van der Waals surface area contributed by atoms with Gasteiger partial charge in [-0.1, -0.05) is 42.5 Å². The largest absolute Gasteiger partial charge is 0.489 e. The van der Waals surface area contributed by atoms with Gasteiger partial charge in [0.25, 0.3) is 0 Å². The maximum absolute atomic E-state index is 13.2.